The van der Waals surface area contributed by atoms with E-state index in [4.69, 9.17) is 20.9 Å². The molecule has 266 valence electrons. The van der Waals surface area contributed by atoms with Gasteiger partial charge in [0, 0.05) is 55.3 Å². The van der Waals surface area contributed by atoms with Crippen LogP contribution in [0.25, 0.3) is 32.9 Å². The van der Waals surface area contributed by atoms with Gasteiger partial charge in [-0.25, -0.2) is 8.78 Å². The molecule has 0 bridgehead atoms. The maximum absolute atomic E-state index is 17.0. The van der Waals surface area contributed by atoms with Gasteiger partial charge in [-0.15, -0.1) is 6.42 Å². The summed E-state index contributed by atoms with van der Waals surface area (Å²) in [5.74, 6) is 0.552. The number of carbonyl (C=O) groups is 1. The number of morpholine rings is 1. The first-order valence-corrected chi connectivity index (χ1v) is 17.1. The zero-order valence-corrected chi connectivity index (χ0v) is 28.4. The molecule has 11 nitrogen and oxygen atoms in total. The van der Waals surface area contributed by atoms with Crippen LogP contribution in [-0.4, -0.2) is 100 Å². The van der Waals surface area contributed by atoms with E-state index in [9.17, 15) is 19.4 Å². The van der Waals surface area contributed by atoms with E-state index in [1.165, 1.54) is 30.5 Å². The number of terminal acetylenes is 1. The Labute approximate surface area is 294 Å². The molecule has 3 N–H and O–H groups in total. The smallest absolute Gasteiger partial charge is 0.319 e. The quantitative estimate of drug-likeness (QED) is 0.172. The molecule has 7 rings (SSSR count). The third-order valence-electron chi connectivity index (χ3n) is 10.3. The predicted molar refractivity (Wildman–Crippen MR) is 188 cm³/mol. The summed E-state index contributed by atoms with van der Waals surface area (Å²) in [6.45, 7) is 10.00. The van der Waals surface area contributed by atoms with Gasteiger partial charge >= 0.3 is 6.01 Å². The number of anilines is 1. The Kier molecular flexibility index (Phi) is 9.26. The van der Waals surface area contributed by atoms with Crippen molar-refractivity contribution in [1.29, 1.82) is 0 Å². The fourth-order valence-electron chi connectivity index (χ4n) is 7.18. The fourth-order valence-corrected chi connectivity index (χ4v) is 7.18. The summed E-state index contributed by atoms with van der Waals surface area (Å²) in [6.07, 6.45) is 11.1. The number of carbonyl (C=O) groups excluding carboxylic acids is 1. The Balaban J connectivity index is 1.34. The number of rotatable bonds is 9. The maximum Gasteiger partial charge on any atom is 0.319 e. The summed E-state index contributed by atoms with van der Waals surface area (Å²) in [6, 6.07) is 4.62. The molecule has 4 heterocycles. The van der Waals surface area contributed by atoms with Gasteiger partial charge in [0.2, 0.25) is 5.91 Å². The Bertz CT molecular complexity index is 2060. The lowest BCUT2D eigenvalue weighted by Gasteiger charge is -2.34. The number of phenolic OH excluding ortho intramolecular Hbond substituents is 1. The van der Waals surface area contributed by atoms with Crippen LogP contribution in [0.3, 0.4) is 0 Å². The van der Waals surface area contributed by atoms with Crippen molar-refractivity contribution in [2.45, 2.75) is 44.2 Å². The van der Waals surface area contributed by atoms with Crippen LogP contribution in [0.5, 0.6) is 11.8 Å². The average Bonchev–Trinajstić information content (AvgIpc) is 3.90. The first-order valence-electron chi connectivity index (χ1n) is 17.1. The number of pyridine rings is 1. The van der Waals surface area contributed by atoms with E-state index in [1.807, 2.05) is 4.90 Å². The van der Waals surface area contributed by atoms with Gasteiger partial charge in [0.15, 0.2) is 5.82 Å². The molecule has 0 spiro atoms. The van der Waals surface area contributed by atoms with E-state index in [0.717, 1.165) is 38.6 Å². The summed E-state index contributed by atoms with van der Waals surface area (Å²) < 4.78 is 43.7. The molecule has 2 aliphatic heterocycles. The molecule has 13 heteroatoms. The minimum atomic E-state index is -1.25. The van der Waals surface area contributed by atoms with Crippen molar-refractivity contribution in [1.82, 2.24) is 25.2 Å². The molecule has 0 unspecified atom stereocenters. The second-order valence-electron chi connectivity index (χ2n) is 14.0. The molecule has 1 saturated carbocycles. The van der Waals surface area contributed by atoms with Crippen LogP contribution < -0.4 is 15.0 Å². The summed E-state index contributed by atoms with van der Waals surface area (Å²) in [4.78, 5) is 30.5. The predicted octanol–water partition coefficient (Wildman–Crippen LogP) is 4.32. The number of aromatic nitrogens is 3. The Morgan fingerprint density at radius 1 is 1.22 bits per heavy atom. The standard InChI is InChI=1S/C38H40F2N6O5/c1-4-25-28(39)8-7-23-17-24(47)18-26(31(23)25)33-32(40)34-27(19-41-33)35(46-12-6-9-37(3,49)29(20-46)42-30(48)5-2)44-36(43-34)51-22-38(10-11-38)21-45-13-15-50-16-14-45/h1,5,7-8,17-19,29,47,49H,2,6,9-16,20-22H2,3H3,(H,42,48)/t29-,37+/m1/s1. The first-order chi connectivity index (χ1) is 24.5. The number of halogens is 2. The minimum Gasteiger partial charge on any atom is -0.508 e. The van der Waals surface area contributed by atoms with Gasteiger partial charge in [0.1, 0.15) is 28.6 Å². The number of fused-ring (bicyclic) bond motifs is 2. The van der Waals surface area contributed by atoms with Gasteiger partial charge in [0.05, 0.1) is 42.4 Å². The molecule has 0 radical (unpaired) electrons. The van der Waals surface area contributed by atoms with Crippen molar-refractivity contribution in [3.05, 3.63) is 60.3 Å². The van der Waals surface area contributed by atoms with Crippen molar-refractivity contribution in [2.24, 2.45) is 5.41 Å². The van der Waals surface area contributed by atoms with Gasteiger partial charge < -0.3 is 29.9 Å². The summed E-state index contributed by atoms with van der Waals surface area (Å²) in [7, 11) is 0. The molecular weight excluding hydrogens is 658 g/mol. The van der Waals surface area contributed by atoms with E-state index >= 15 is 4.39 Å². The first kappa shape index (κ1) is 34.5. The number of nitrogens with one attached hydrogen (secondary N) is 1. The number of hydrogen-bond acceptors (Lipinski definition) is 10. The lowest BCUT2D eigenvalue weighted by atomic mass is 9.92. The number of ether oxygens (including phenoxy) is 2. The van der Waals surface area contributed by atoms with E-state index in [0.29, 0.717) is 50.4 Å². The summed E-state index contributed by atoms with van der Waals surface area (Å²) in [5.41, 5.74) is -1.62. The number of aliphatic hydroxyl groups is 1. The molecule has 51 heavy (non-hydrogen) atoms. The van der Waals surface area contributed by atoms with Crippen molar-refractivity contribution >= 4 is 33.4 Å². The topological polar surface area (TPSA) is 133 Å². The zero-order chi connectivity index (χ0) is 35.9. The highest BCUT2D eigenvalue weighted by Gasteiger charge is 2.45. The fraction of sp³-hybridized carbons (Fsp3) is 0.421. The number of amides is 1. The van der Waals surface area contributed by atoms with Crippen molar-refractivity contribution in [3.63, 3.8) is 0 Å². The maximum atomic E-state index is 17.0. The summed E-state index contributed by atoms with van der Waals surface area (Å²) in [5, 5.41) is 25.6. The average molecular weight is 699 g/mol. The SMILES string of the molecule is C#Cc1c(F)ccc2cc(O)cc(-c3ncc4c(N5CCC[C@](C)(O)[C@H](NC(=O)C=C)C5)nc(OCC5(CN6CCOCC6)CC5)nc4c3F)c12. The van der Waals surface area contributed by atoms with Crippen LogP contribution in [0.4, 0.5) is 14.6 Å². The number of hydrogen-bond donors (Lipinski definition) is 3. The molecule has 4 aromatic rings. The van der Waals surface area contributed by atoms with Gasteiger partial charge in [-0.1, -0.05) is 18.6 Å². The van der Waals surface area contributed by atoms with Crippen LogP contribution >= 0.6 is 0 Å². The molecule has 1 amide bonds. The second kappa shape index (κ2) is 13.7. The van der Waals surface area contributed by atoms with Crippen LogP contribution in [0.2, 0.25) is 0 Å². The number of nitrogens with zero attached hydrogens (tertiary/aromatic N) is 5. The summed E-state index contributed by atoms with van der Waals surface area (Å²) >= 11 is 0. The molecule has 2 aromatic carbocycles. The van der Waals surface area contributed by atoms with Crippen molar-refractivity contribution in [3.8, 4) is 35.4 Å². The highest BCUT2D eigenvalue weighted by atomic mass is 19.1. The van der Waals surface area contributed by atoms with Crippen molar-refractivity contribution in [2.75, 3.05) is 57.4 Å². The van der Waals surface area contributed by atoms with Crippen molar-refractivity contribution < 1.29 is 33.3 Å². The number of benzene rings is 2. The lowest BCUT2D eigenvalue weighted by molar-refractivity contribution is -0.119. The van der Waals surface area contributed by atoms with Crippen LogP contribution in [-0.2, 0) is 9.53 Å². The van der Waals surface area contributed by atoms with E-state index < -0.39 is 29.2 Å². The molecule has 2 saturated heterocycles. The molecule has 3 fully saturated rings. The van der Waals surface area contributed by atoms with E-state index in [2.05, 4.69) is 32.7 Å². The number of phenols is 1. The second-order valence-corrected chi connectivity index (χ2v) is 14.0. The molecule has 3 aliphatic rings. The van der Waals surface area contributed by atoms with Gasteiger partial charge in [-0.2, -0.15) is 9.97 Å². The molecule has 2 aromatic heterocycles. The third kappa shape index (κ3) is 6.91. The minimum absolute atomic E-state index is 0.0411. The van der Waals surface area contributed by atoms with Crippen LogP contribution in [0, 0.1) is 29.4 Å². The normalized spacial score (nSPS) is 21.9. The van der Waals surface area contributed by atoms with Gasteiger partial charge in [0.25, 0.3) is 0 Å². The number of aromatic hydroxyl groups is 1. The zero-order valence-electron chi connectivity index (χ0n) is 28.4. The molecule has 1 aliphatic carbocycles. The largest absolute Gasteiger partial charge is 0.508 e. The van der Waals surface area contributed by atoms with Gasteiger partial charge in [-0.3, -0.25) is 14.7 Å². The third-order valence-corrected chi connectivity index (χ3v) is 10.3. The van der Waals surface area contributed by atoms with Crippen LogP contribution in [0.15, 0.2) is 43.1 Å². The Hall–Kier alpha value is -4.90. The Morgan fingerprint density at radius 3 is 2.73 bits per heavy atom. The molecular formula is C38H40F2N6O5. The van der Waals surface area contributed by atoms with Crippen LogP contribution in [0.1, 0.15) is 38.2 Å². The molecule has 2 atom stereocenters. The lowest BCUT2D eigenvalue weighted by Crippen LogP contribution is -2.54. The highest BCUT2D eigenvalue weighted by molar-refractivity contribution is 6.03. The monoisotopic (exact) mass is 698 g/mol. The van der Waals surface area contributed by atoms with E-state index in [-0.39, 0.29) is 56.8 Å². The Morgan fingerprint density at radius 2 is 2.00 bits per heavy atom. The van der Waals surface area contributed by atoms with E-state index in [1.54, 1.807) is 6.92 Å². The van der Waals surface area contributed by atoms with Gasteiger partial charge in [-0.05, 0) is 62.3 Å². The highest BCUT2D eigenvalue weighted by Crippen LogP contribution is 2.47.